The van der Waals surface area contributed by atoms with Crippen LogP contribution in [0, 0.1) is 0 Å². The van der Waals surface area contributed by atoms with Gasteiger partial charge in [0.05, 0.1) is 12.1 Å². The van der Waals surface area contributed by atoms with Crippen LogP contribution in [0.2, 0.25) is 0 Å². The molecule has 4 atom stereocenters. The number of fused-ring (bicyclic) bond motifs is 1. The highest BCUT2D eigenvalue weighted by Gasteiger charge is 2.44. The van der Waals surface area contributed by atoms with Crippen LogP contribution < -0.4 is 14.8 Å². The first-order chi connectivity index (χ1) is 12.2. The molecular weight excluding hydrogens is 346 g/mol. The summed E-state index contributed by atoms with van der Waals surface area (Å²) in [7, 11) is 0. The molecule has 2 aliphatic heterocycles. The summed E-state index contributed by atoms with van der Waals surface area (Å²) in [5.74, 6) is -0.0277. The molecule has 0 aromatic heterocycles. The molecule has 1 aromatic carbocycles. The molecule has 3 rings (SSSR count). The maximum Gasteiger partial charge on any atom is 0.586 e. The summed E-state index contributed by atoms with van der Waals surface area (Å²) in [6.07, 6.45) is -3.89. The summed E-state index contributed by atoms with van der Waals surface area (Å²) in [6, 6.07) is 4.28. The lowest BCUT2D eigenvalue weighted by Crippen LogP contribution is -2.60. The van der Waals surface area contributed by atoms with Crippen molar-refractivity contribution in [3.05, 3.63) is 36.0 Å². The summed E-state index contributed by atoms with van der Waals surface area (Å²) in [5, 5.41) is 13.6. The Bertz CT molecular complexity index is 685. The summed E-state index contributed by atoms with van der Waals surface area (Å²) >= 11 is 0. The van der Waals surface area contributed by atoms with Crippen LogP contribution in [0.15, 0.2) is 30.5 Å². The molecule has 2 aliphatic rings. The first-order valence-electron chi connectivity index (χ1n) is 8.63. The van der Waals surface area contributed by atoms with Crippen LogP contribution in [0.4, 0.5) is 8.78 Å². The standard InChI is InChI=1S/C18H24F2N2O4/c1-5-24-12(4)14-8-10(2)22(14)17(23)21-11(3)13-6-7-15-16(9-13)26-18(19,20)25-15/h6-7,9,11-12,14,17,21,23H,2,5,8H2,1,3-4H3. The summed E-state index contributed by atoms with van der Waals surface area (Å²) in [6.45, 7) is 10.3. The molecule has 4 unspecified atom stereocenters. The van der Waals surface area contributed by atoms with Gasteiger partial charge in [-0.15, -0.1) is 8.78 Å². The lowest BCUT2D eigenvalue weighted by atomic mass is 9.95. The molecule has 0 radical (unpaired) electrons. The second kappa shape index (κ2) is 7.02. The molecule has 0 saturated carbocycles. The Hall–Kier alpha value is -1.90. The second-order valence-corrected chi connectivity index (χ2v) is 6.54. The Morgan fingerprint density at radius 2 is 2.08 bits per heavy atom. The van der Waals surface area contributed by atoms with E-state index >= 15 is 0 Å². The molecule has 2 N–H and O–H groups in total. The number of ether oxygens (including phenoxy) is 3. The zero-order valence-corrected chi connectivity index (χ0v) is 15.0. The topological polar surface area (TPSA) is 63.2 Å². The Morgan fingerprint density at radius 3 is 2.73 bits per heavy atom. The molecule has 0 amide bonds. The van der Waals surface area contributed by atoms with Crippen molar-refractivity contribution < 1.29 is 28.1 Å². The average Bonchev–Trinajstić information content (AvgIpc) is 2.84. The van der Waals surface area contributed by atoms with Crippen LogP contribution in [-0.2, 0) is 4.74 Å². The number of nitrogens with one attached hydrogen (secondary N) is 1. The van der Waals surface area contributed by atoms with Crippen LogP contribution in [0.5, 0.6) is 11.5 Å². The molecule has 26 heavy (non-hydrogen) atoms. The minimum absolute atomic E-state index is 0.00628. The van der Waals surface area contributed by atoms with E-state index in [0.717, 1.165) is 12.1 Å². The lowest BCUT2D eigenvalue weighted by molar-refractivity contribution is -0.286. The van der Waals surface area contributed by atoms with E-state index in [1.807, 2.05) is 20.8 Å². The van der Waals surface area contributed by atoms with Gasteiger partial charge in [-0.2, -0.15) is 0 Å². The van der Waals surface area contributed by atoms with Crippen LogP contribution in [-0.4, -0.2) is 41.4 Å². The van der Waals surface area contributed by atoms with Gasteiger partial charge in [0.1, 0.15) is 0 Å². The first kappa shape index (κ1) is 18.9. The molecule has 1 fully saturated rings. The summed E-state index contributed by atoms with van der Waals surface area (Å²) in [5.41, 5.74) is 1.50. The third kappa shape index (κ3) is 3.62. The van der Waals surface area contributed by atoms with E-state index in [1.54, 1.807) is 11.0 Å². The smallest absolute Gasteiger partial charge is 0.395 e. The largest absolute Gasteiger partial charge is 0.586 e. The third-order valence-corrected chi connectivity index (χ3v) is 4.73. The number of halogens is 2. The van der Waals surface area contributed by atoms with Crippen molar-refractivity contribution in [1.82, 2.24) is 10.2 Å². The van der Waals surface area contributed by atoms with Gasteiger partial charge >= 0.3 is 6.29 Å². The normalized spacial score (nSPS) is 24.2. The first-order valence-corrected chi connectivity index (χ1v) is 8.63. The number of benzene rings is 1. The summed E-state index contributed by atoms with van der Waals surface area (Å²) < 4.78 is 40.8. The van der Waals surface area contributed by atoms with E-state index < -0.39 is 12.6 Å². The minimum Gasteiger partial charge on any atom is -0.395 e. The number of hydrogen-bond acceptors (Lipinski definition) is 6. The highest BCUT2D eigenvalue weighted by Crippen LogP contribution is 2.42. The van der Waals surface area contributed by atoms with Gasteiger partial charge < -0.3 is 24.2 Å². The van der Waals surface area contributed by atoms with Crippen LogP contribution >= 0.6 is 0 Å². The van der Waals surface area contributed by atoms with E-state index in [9.17, 15) is 13.9 Å². The molecule has 6 nitrogen and oxygen atoms in total. The fourth-order valence-electron chi connectivity index (χ4n) is 3.32. The number of hydrogen-bond donors (Lipinski definition) is 2. The molecule has 2 heterocycles. The third-order valence-electron chi connectivity index (χ3n) is 4.73. The van der Waals surface area contributed by atoms with Crippen molar-refractivity contribution in [2.75, 3.05) is 6.61 Å². The van der Waals surface area contributed by atoms with E-state index in [1.165, 1.54) is 12.1 Å². The van der Waals surface area contributed by atoms with E-state index in [2.05, 4.69) is 21.4 Å². The minimum atomic E-state index is -3.64. The number of nitrogens with zero attached hydrogens (tertiary/aromatic N) is 1. The Labute approximate surface area is 151 Å². The fourth-order valence-corrected chi connectivity index (χ4v) is 3.32. The van der Waals surface area contributed by atoms with Crippen molar-refractivity contribution >= 4 is 0 Å². The summed E-state index contributed by atoms with van der Waals surface area (Å²) in [4.78, 5) is 1.78. The monoisotopic (exact) mass is 370 g/mol. The molecule has 0 spiro atoms. The van der Waals surface area contributed by atoms with Gasteiger partial charge in [0.15, 0.2) is 17.9 Å². The number of alkyl halides is 2. The number of aliphatic hydroxyl groups is 1. The van der Waals surface area contributed by atoms with Gasteiger partial charge in [-0.1, -0.05) is 12.6 Å². The molecule has 1 aromatic rings. The van der Waals surface area contributed by atoms with Crippen LogP contribution in [0.1, 0.15) is 38.8 Å². The maximum absolute atomic E-state index is 13.1. The highest BCUT2D eigenvalue weighted by molar-refractivity contribution is 5.45. The Kier molecular flexibility index (Phi) is 5.09. The zero-order valence-electron chi connectivity index (χ0n) is 15.0. The van der Waals surface area contributed by atoms with Crippen LogP contribution in [0.3, 0.4) is 0 Å². The van der Waals surface area contributed by atoms with E-state index in [-0.39, 0.29) is 29.7 Å². The number of rotatable bonds is 7. The van der Waals surface area contributed by atoms with Gasteiger partial charge in [0, 0.05) is 24.8 Å². The van der Waals surface area contributed by atoms with E-state index in [4.69, 9.17) is 4.74 Å². The Morgan fingerprint density at radius 1 is 1.38 bits per heavy atom. The van der Waals surface area contributed by atoms with Crippen molar-refractivity contribution in [3.63, 3.8) is 0 Å². The van der Waals surface area contributed by atoms with Crippen molar-refractivity contribution in [3.8, 4) is 11.5 Å². The SMILES string of the molecule is C=C1CC(C(C)OCC)N1C(O)NC(C)c1ccc2c(c1)OC(F)(F)O2. The second-order valence-electron chi connectivity index (χ2n) is 6.54. The zero-order chi connectivity index (χ0) is 19.1. The van der Waals surface area contributed by atoms with Gasteiger partial charge in [0.25, 0.3) is 0 Å². The van der Waals surface area contributed by atoms with Crippen molar-refractivity contribution in [1.29, 1.82) is 0 Å². The van der Waals surface area contributed by atoms with Gasteiger partial charge in [-0.05, 0) is 38.5 Å². The van der Waals surface area contributed by atoms with Crippen LogP contribution in [0.25, 0.3) is 0 Å². The number of aliphatic hydroxyl groups excluding tert-OH is 1. The van der Waals surface area contributed by atoms with Crippen molar-refractivity contribution in [2.24, 2.45) is 0 Å². The maximum atomic E-state index is 13.1. The molecule has 0 aliphatic carbocycles. The average molecular weight is 370 g/mol. The lowest BCUT2D eigenvalue weighted by Gasteiger charge is -2.50. The van der Waals surface area contributed by atoms with Crippen molar-refractivity contribution in [2.45, 2.75) is 58.0 Å². The quantitative estimate of drug-likeness (QED) is 0.720. The molecule has 0 bridgehead atoms. The van der Waals surface area contributed by atoms with Gasteiger partial charge in [-0.25, -0.2) is 0 Å². The molecular formula is C18H24F2N2O4. The molecule has 144 valence electrons. The van der Waals surface area contributed by atoms with Gasteiger partial charge in [0.2, 0.25) is 0 Å². The predicted molar refractivity (Wildman–Crippen MR) is 90.7 cm³/mol. The number of likely N-dealkylation sites (tertiary alicyclic amines) is 1. The van der Waals surface area contributed by atoms with E-state index in [0.29, 0.717) is 12.2 Å². The Balaban J connectivity index is 1.65. The predicted octanol–water partition coefficient (Wildman–Crippen LogP) is 2.95. The van der Waals surface area contributed by atoms with Gasteiger partial charge in [-0.3, -0.25) is 5.32 Å². The highest BCUT2D eigenvalue weighted by atomic mass is 19.3. The molecule has 1 saturated heterocycles. The fraction of sp³-hybridized carbons (Fsp3) is 0.556. The molecule has 8 heteroatoms.